The Labute approximate surface area is 121 Å². The van der Waals surface area contributed by atoms with E-state index in [1.54, 1.807) is 30.4 Å². The SMILES string of the molecule is CN(Cc1ncc[nH]1)C(C(=O)O)c1cc2ccccc2o1. The fourth-order valence-corrected chi connectivity index (χ4v) is 2.38. The summed E-state index contributed by atoms with van der Waals surface area (Å²) in [5, 5.41) is 10.4. The van der Waals surface area contributed by atoms with Gasteiger partial charge in [-0.05, 0) is 19.2 Å². The highest BCUT2D eigenvalue weighted by Gasteiger charge is 2.28. The van der Waals surface area contributed by atoms with Crippen LogP contribution < -0.4 is 0 Å². The molecule has 108 valence electrons. The molecule has 1 atom stereocenters. The number of aliphatic carboxylic acids is 1. The molecule has 0 fully saturated rings. The number of carboxylic acid groups (broad SMARTS) is 1. The van der Waals surface area contributed by atoms with Crippen molar-refractivity contribution in [3.8, 4) is 0 Å². The van der Waals surface area contributed by atoms with E-state index in [1.807, 2.05) is 24.3 Å². The lowest BCUT2D eigenvalue weighted by molar-refractivity contribution is -0.143. The number of nitrogens with zero attached hydrogens (tertiary/aromatic N) is 2. The minimum Gasteiger partial charge on any atom is -0.480 e. The van der Waals surface area contributed by atoms with Gasteiger partial charge in [-0.1, -0.05) is 18.2 Å². The normalized spacial score (nSPS) is 12.9. The molecule has 0 aliphatic rings. The average molecular weight is 285 g/mol. The molecule has 3 aromatic rings. The molecule has 3 rings (SSSR count). The molecule has 2 aromatic heterocycles. The zero-order chi connectivity index (χ0) is 14.8. The van der Waals surface area contributed by atoms with Gasteiger partial charge in [-0.3, -0.25) is 9.69 Å². The Morgan fingerprint density at radius 2 is 2.29 bits per heavy atom. The van der Waals surface area contributed by atoms with Gasteiger partial charge in [0.15, 0.2) is 6.04 Å². The van der Waals surface area contributed by atoms with Crippen LogP contribution in [0.4, 0.5) is 0 Å². The van der Waals surface area contributed by atoms with E-state index >= 15 is 0 Å². The van der Waals surface area contributed by atoms with Gasteiger partial charge in [0, 0.05) is 17.8 Å². The standard InChI is InChI=1S/C15H15N3O3/c1-18(9-13-16-6-7-17-13)14(15(19)20)12-8-10-4-2-3-5-11(10)21-12/h2-8,14H,9H2,1H3,(H,16,17)(H,19,20). The number of rotatable bonds is 5. The number of fused-ring (bicyclic) bond motifs is 1. The molecule has 2 N–H and O–H groups in total. The minimum absolute atomic E-state index is 0.390. The van der Waals surface area contributed by atoms with Crippen molar-refractivity contribution in [2.45, 2.75) is 12.6 Å². The van der Waals surface area contributed by atoms with E-state index in [0.29, 0.717) is 23.7 Å². The van der Waals surface area contributed by atoms with Crippen LogP contribution in [0.25, 0.3) is 11.0 Å². The van der Waals surface area contributed by atoms with Crippen LogP contribution in [0.15, 0.2) is 47.1 Å². The summed E-state index contributed by atoms with van der Waals surface area (Å²) in [5.41, 5.74) is 0.685. The summed E-state index contributed by atoms with van der Waals surface area (Å²) in [5.74, 6) is 0.167. The van der Waals surface area contributed by atoms with Crippen molar-refractivity contribution in [2.24, 2.45) is 0 Å². The maximum Gasteiger partial charge on any atom is 0.328 e. The molecule has 0 saturated heterocycles. The first kappa shape index (κ1) is 13.4. The highest BCUT2D eigenvalue weighted by Crippen LogP contribution is 2.27. The molecule has 2 heterocycles. The van der Waals surface area contributed by atoms with Crippen LogP contribution in [-0.4, -0.2) is 33.0 Å². The van der Waals surface area contributed by atoms with E-state index in [-0.39, 0.29) is 0 Å². The van der Waals surface area contributed by atoms with Crippen molar-refractivity contribution in [3.63, 3.8) is 0 Å². The molecular weight excluding hydrogens is 270 g/mol. The van der Waals surface area contributed by atoms with Crippen LogP contribution in [0.1, 0.15) is 17.6 Å². The van der Waals surface area contributed by atoms with Crippen LogP contribution in [0.2, 0.25) is 0 Å². The molecule has 0 aliphatic heterocycles. The maximum atomic E-state index is 11.6. The van der Waals surface area contributed by atoms with Crippen molar-refractivity contribution in [1.82, 2.24) is 14.9 Å². The molecule has 21 heavy (non-hydrogen) atoms. The third-order valence-electron chi connectivity index (χ3n) is 3.34. The molecular formula is C15H15N3O3. The number of benzene rings is 1. The first-order chi connectivity index (χ1) is 10.1. The molecule has 0 amide bonds. The van der Waals surface area contributed by atoms with Crippen molar-refractivity contribution in [2.75, 3.05) is 7.05 Å². The number of aromatic nitrogens is 2. The molecule has 0 bridgehead atoms. The van der Waals surface area contributed by atoms with Gasteiger partial charge in [0.1, 0.15) is 17.2 Å². The Balaban J connectivity index is 1.91. The second-order valence-corrected chi connectivity index (χ2v) is 4.88. The van der Waals surface area contributed by atoms with Crippen molar-refractivity contribution >= 4 is 16.9 Å². The fraction of sp³-hybridized carbons (Fsp3) is 0.200. The van der Waals surface area contributed by atoms with Gasteiger partial charge in [0.2, 0.25) is 0 Å². The smallest absolute Gasteiger partial charge is 0.328 e. The molecule has 0 saturated carbocycles. The predicted molar refractivity (Wildman–Crippen MR) is 76.6 cm³/mol. The van der Waals surface area contributed by atoms with E-state index < -0.39 is 12.0 Å². The van der Waals surface area contributed by atoms with E-state index in [2.05, 4.69) is 9.97 Å². The zero-order valence-electron chi connectivity index (χ0n) is 11.5. The van der Waals surface area contributed by atoms with Gasteiger partial charge in [-0.2, -0.15) is 0 Å². The predicted octanol–water partition coefficient (Wildman–Crippen LogP) is 2.41. The van der Waals surface area contributed by atoms with Crippen molar-refractivity contribution < 1.29 is 14.3 Å². The number of hydrogen-bond acceptors (Lipinski definition) is 4. The van der Waals surface area contributed by atoms with E-state index in [4.69, 9.17) is 4.42 Å². The summed E-state index contributed by atoms with van der Waals surface area (Å²) in [4.78, 5) is 20.4. The third kappa shape index (κ3) is 2.66. The second-order valence-electron chi connectivity index (χ2n) is 4.88. The lowest BCUT2D eigenvalue weighted by Gasteiger charge is -2.21. The van der Waals surface area contributed by atoms with Crippen LogP contribution in [0, 0.1) is 0 Å². The first-order valence-corrected chi connectivity index (χ1v) is 6.55. The lowest BCUT2D eigenvalue weighted by atomic mass is 10.1. The Morgan fingerprint density at radius 3 is 2.95 bits per heavy atom. The van der Waals surface area contributed by atoms with Crippen molar-refractivity contribution in [3.05, 3.63) is 54.3 Å². The molecule has 1 unspecified atom stereocenters. The van der Waals surface area contributed by atoms with Gasteiger partial charge < -0.3 is 14.5 Å². The van der Waals surface area contributed by atoms with Gasteiger partial charge >= 0.3 is 5.97 Å². The Morgan fingerprint density at radius 1 is 1.48 bits per heavy atom. The topological polar surface area (TPSA) is 82.4 Å². The number of likely N-dealkylation sites (N-methyl/N-ethyl adjacent to an activating group) is 1. The molecule has 0 aliphatic carbocycles. The molecule has 0 radical (unpaired) electrons. The maximum absolute atomic E-state index is 11.6. The molecule has 6 heteroatoms. The number of carboxylic acids is 1. The van der Waals surface area contributed by atoms with Crippen LogP contribution in [0.5, 0.6) is 0 Å². The number of para-hydroxylation sites is 1. The lowest BCUT2D eigenvalue weighted by Crippen LogP contribution is -2.30. The molecule has 1 aromatic carbocycles. The van der Waals surface area contributed by atoms with Gasteiger partial charge in [0.25, 0.3) is 0 Å². The van der Waals surface area contributed by atoms with E-state index in [1.165, 1.54) is 0 Å². The van der Waals surface area contributed by atoms with E-state index in [0.717, 1.165) is 5.39 Å². The average Bonchev–Trinajstić information content (AvgIpc) is 3.06. The van der Waals surface area contributed by atoms with Crippen molar-refractivity contribution in [1.29, 1.82) is 0 Å². The number of carbonyl (C=O) groups is 1. The summed E-state index contributed by atoms with van der Waals surface area (Å²) in [7, 11) is 1.73. The van der Waals surface area contributed by atoms with Crippen LogP contribution in [0.3, 0.4) is 0 Å². The highest BCUT2D eigenvalue weighted by atomic mass is 16.4. The number of furan rings is 1. The zero-order valence-corrected chi connectivity index (χ0v) is 11.5. The Kier molecular flexibility index (Phi) is 3.45. The van der Waals surface area contributed by atoms with Gasteiger partial charge in [-0.25, -0.2) is 4.98 Å². The van der Waals surface area contributed by atoms with Crippen LogP contribution in [-0.2, 0) is 11.3 Å². The van der Waals surface area contributed by atoms with Crippen LogP contribution >= 0.6 is 0 Å². The minimum atomic E-state index is -0.955. The summed E-state index contributed by atoms with van der Waals surface area (Å²) in [6, 6.07) is 8.38. The van der Waals surface area contributed by atoms with Gasteiger partial charge in [0.05, 0.1) is 6.54 Å². The third-order valence-corrected chi connectivity index (χ3v) is 3.34. The number of hydrogen-bond donors (Lipinski definition) is 2. The number of aromatic amines is 1. The number of nitrogens with one attached hydrogen (secondary N) is 1. The summed E-state index contributed by atoms with van der Waals surface area (Å²) in [6.45, 7) is 0.390. The second kappa shape index (κ2) is 5.41. The fourth-order valence-electron chi connectivity index (χ4n) is 2.38. The summed E-state index contributed by atoms with van der Waals surface area (Å²) in [6.07, 6.45) is 3.35. The molecule has 6 nitrogen and oxygen atoms in total. The number of imidazole rings is 1. The Hall–Kier alpha value is -2.60. The first-order valence-electron chi connectivity index (χ1n) is 6.55. The van der Waals surface area contributed by atoms with E-state index in [9.17, 15) is 9.90 Å². The van der Waals surface area contributed by atoms with Gasteiger partial charge in [-0.15, -0.1) is 0 Å². The highest BCUT2D eigenvalue weighted by molar-refractivity contribution is 5.81. The quantitative estimate of drug-likeness (QED) is 0.752. The Bertz CT molecular complexity index is 715. The molecule has 0 spiro atoms. The monoisotopic (exact) mass is 285 g/mol. The largest absolute Gasteiger partial charge is 0.480 e. The summed E-state index contributed by atoms with van der Waals surface area (Å²) < 4.78 is 5.68. The number of H-pyrrole nitrogens is 1. The summed E-state index contributed by atoms with van der Waals surface area (Å²) >= 11 is 0.